The average Bonchev–Trinajstić information content (AvgIpc) is 2.08. The van der Waals surface area contributed by atoms with Crippen molar-refractivity contribution in [3.8, 4) is 0 Å². The number of hydrogen-bond acceptors (Lipinski definition) is 2. The summed E-state index contributed by atoms with van der Waals surface area (Å²) in [5.74, 6) is 0. The number of rotatable bonds is 3. The number of nitrogens with zero attached hydrogens (tertiary/aromatic N) is 1. The molecule has 1 fully saturated rings. The Balaban J connectivity index is 0.00000128. The van der Waals surface area contributed by atoms with Crippen molar-refractivity contribution in [1.82, 2.24) is 10.2 Å². The van der Waals surface area contributed by atoms with Crippen molar-refractivity contribution >= 4 is 24.0 Å². The average molecular weight is 261 g/mol. The van der Waals surface area contributed by atoms with Crippen molar-refractivity contribution in [2.75, 3.05) is 20.1 Å². The van der Waals surface area contributed by atoms with Gasteiger partial charge in [0.25, 0.3) is 0 Å². The van der Waals surface area contributed by atoms with E-state index in [9.17, 15) is 0 Å². The van der Waals surface area contributed by atoms with Gasteiger partial charge in [0.1, 0.15) is 0 Å². The van der Waals surface area contributed by atoms with E-state index in [0.717, 1.165) is 30.2 Å². The summed E-state index contributed by atoms with van der Waals surface area (Å²) in [7, 11) is 2.17. The minimum Gasteiger partial charge on any atom is -0.314 e. The molecule has 0 radical (unpaired) electrons. The Morgan fingerprint density at radius 1 is 1.44 bits per heavy atom. The van der Waals surface area contributed by atoms with Gasteiger partial charge in [0, 0.05) is 30.7 Å². The van der Waals surface area contributed by atoms with Gasteiger partial charge < -0.3 is 5.32 Å². The third-order valence-electron chi connectivity index (χ3n) is 3.05. The smallest absolute Gasteiger partial charge is 0.0438 e. The molecule has 0 atom stereocenters. The molecule has 1 N–H and O–H groups in total. The van der Waals surface area contributed by atoms with Gasteiger partial charge in [-0.05, 0) is 31.2 Å². The molecule has 1 aromatic rings. The SMILES string of the molecule is Cc1ccc(CN(C)C2CNC2)cc1Cl.Cl. The summed E-state index contributed by atoms with van der Waals surface area (Å²) in [5, 5.41) is 4.15. The molecule has 0 bridgehead atoms. The first-order chi connectivity index (χ1) is 7.16. The molecule has 16 heavy (non-hydrogen) atoms. The number of benzene rings is 1. The number of likely N-dealkylation sites (N-methyl/N-ethyl adjacent to an activating group) is 1. The summed E-state index contributed by atoms with van der Waals surface area (Å²) in [5.41, 5.74) is 2.44. The van der Waals surface area contributed by atoms with Crippen LogP contribution < -0.4 is 5.32 Å². The van der Waals surface area contributed by atoms with E-state index in [1.807, 2.05) is 6.92 Å². The van der Waals surface area contributed by atoms with E-state index in [0.29, 0.717) is 6.04 Å². The fraction of sp³-hybridized carbons (Fsp3) is 0.500. The maximum Gasteiger partial charge on any atom is 0.0438 e. The van der Waals surface area contributed by atoms with E-state index in [1.54, 1.807) is 0 Å². The lowest BCUT2D eigenvalue weighted by Crippen LogP contribution is -2.55. The van der Waals surface area contributed by atoms with Crippen molar-refractivity contribution < 1.29 is 0 Å². The predicted molar refractivity (Wildman–Crippen MR) is 71.6 cm³/mol. The fourth-order valence-corrected chi connectivity index (χ4v) is 1.94. The van der Waals surface area contributed by atoms with Crippen LogP contribution in [0.15, 0.2) is 18.2 Å². The van der Waals surface area contributed by atoms with Crippen LogP contribution in [0.25, 0.3) is 0 Å². The van der Waals surface area contributed by atoms with Crippen LogP contribution >= 0.6 is 24.0 Å². The van der Waals surface area contributed by atoms with Gasteiger partial charge in [-0.15, -0.1) is 12.4 Å². The lowest BCUT2D eigenvalue weighted by atomic mass is 10.1. The van der Waals surface area contributed by atoms with E-state index < -0.39 is 0 Å². The van der Waals surface area contributed by atoms with Crippen molar-refractivity contribution in [3.05, 3.63) is 34.3 Å². The molecule has 0 spiro atoms. The molecule has 2 nitrogen and oxygen atoms in total. The van der Waals surface area contributed by atoms with Gasteiger partial charge in [0.05, 0.1) is 0 Å². The lowest BCUT2D eigenvalue weighted by molar-refractivity contribution is 0.173. The molecular weight excluding hydrogens is 243 g/mol. The Bertz CT molecular complexity index is 351. The van der Waals surface area contributed by atoms with Crippen LogP contribution in [0.2, 0.25) is 5.02 Å². The normalized spacial score (nSPS) is 15.8. The number of halogens is 2. The third-order valence-corrected chi connectivity index (χ3v) is 3.46. The molecule has 0 amide bonds. The molecule has 1 aliphatic heterocycles. The number of aryl methyl sites for hydroxylation is 1. The van der Waals surface area contributed by atoms with Gasteiger partial charge in [-0.25, -0.2) is 0 Å². The molecule has 4 heteroatoms. The summed E-state index contributed by atoms with van der Waals surface area (Å²) in [6.45, 7) is 5.23. The molecule has 0 unspecified atom stereocenters. The minimum absolute atomic E-state index is 0. The summed E-state index contributed by atoms with van der Waals surface area (Å²) in [6, 6.07) is 7.00. The molecule has 90 valence electrons. The van der Waals surface area contributed by atoms with Gasteiger partial charge in [0.15, 0.2) is 0 Å². The molecule has 1 aliphatic rings. The second-order valence-corrected chi connectivity index (χ2v) is 4.72. The monoisotopic (exact) mass is 260 g/mol. The van der Waals surface area contributed by atoms with Crippen LogP contribution in [-0.2, 0) is 6.54 Å². The Morgan fingerprint density at radius 2 is 2.12 bits per heavy atom. The Hall–Kier alpha value is -0.280. The highest BCUT2D eigenvalue weighted by molar-refractivity contribution is 6.31. The lowest BCUT2D eigenvalue weighted by Gasteiger charge is -2.35. The molecule has 2 rings (SSSR count). The number of hydrogen-bond donors (Lipinski definition) is 1. The molecule has 0 aromatic heterocycles. The standard InChI is InChI=1S/C12H17ClN2.ClH/c1-9-3-4-10(5-12(9)13)8-15(2)11-6-14-7-11;/h3-5,11,14H,6-8H2,1-2H3;1H. The van der Waals surface area contributed by atoms with Crippen LogP contribution in [0.3, 0.4) is 0 Å². The first-order valence-corrected chi connectivity index (χ1v) is 5.70. The summed E-state index contributed by atoms with van der Waals surface area (Å²) >= 11 is 6.09. The topological polar surface area (TPSA) is 15.3 Å². The van der Waals surface area contributed by atoms with Gasteiger partial charge in [-0.2, -0.15) is 0 Å². The summed E-state index contributed by atoms with van der Waals surface area (Å²) in [6.07, 6.45) is 0. The zero-order valence-corrected chi connectivity index (χ0v) is 11.2. The van der Waals surface area contributed by atoms with Crippen LogP contribution in [0.1, 0.15) is 11.1 Å². The Kier molecular flexibility index (Phi) is 5.06. The van der Waals surface area contributed by atoms with Crippen LogP contribution in [0.5, 0.6) is 0 Å². The third kappa shape index (κ3) is 3.11. The second kappa shape index (κ2) is 5.87. The first kappa shape index (κ1) is 13.8. The summed E-state index contributed by atoms with van der Waals surface area (Å²) < 4.78 is 0. The minimum atomic E-state index is 0. The van der Waals surface area contributed by atoms with Gasteiger partial charge in [-0.3, -0.25) is 4.90 Å². The van der Waals surface area contributed by atoms with Crippen molar-refractivity contribution in [3.63, 3.8) is 0 Å². The van der Waals surface area contributed by atoms with Gasteiger partial charge in [0.2, 0.25) is 0 Å². The number of nitrogens with one attached hydrogen (secondary N) is 1. The van der Waals surface area contributed by atoms with E-state index in [-0.39, 0.29) is 12.4 Å². The van der Waals surface area contributed by atoms with E-state index in [1.165, 1.54) is 5.56 Å². The fourth-order valence-electron chi connectivity index (χ4n) is 1.74. The van der Waals surface area contributed by atoms with Crippen LogP contribution in [-0.4, -0.2) is 31.1 Å². The van der Waals surface area contributed by atoms with Crippen molar-refractivity contribution in [2.45, 2.75) is 19.5 Å². The van der Waals surface area contributed by atoms with Gasteiger partial charge in [-0.1, -0.05) is 23.7 Å². The molecular formula is C12H18Cl2N2. The quantitative estimate of drug-likeness (QED) is 0.899. The largest absolute Gasteiger partial charge is 0.314 e. The van der Waals surface area contributed by atoms with Crippen molar-refractivity contribution in [2.24, 2.45) is 0 Å². The zero-order chi connectivity index (χ0) is 10.8. The second-order valence-electron chi connectivity index (χ2n) is 4.31. The molecule has 1 saturated heterocycles. The van der Waals surface area contributed by atoms with Crippen molar-refractivity contribution in [1.29, 1.82) is 0 Å². The highest BCUT2D eigenvalue weighted by Gasteiger charge is 2.21. The first-order valence-electron chi connectivity index (χ1n) is 5.33. The molecule has 0 saturated carbocycles. The Labute approximate surface area is 108 Å². The molecule has 0 aliphatic carbocycles. The maximum atomic E-state index is 6.09. The molecule has 1 aromatic carbocycles. The van der Waals surface area contributed by atoms with Crippen LogP contribution in [0, 0.1) is 6.92 Å². The van der Waals surface area contributed by atoms with E-state index in [2.05, 4.69) is 35.5 Å². The van der Waals surface area contributed by atoms with E-state index >= 15 is 0 Å². The maximum absolute atomic E-state index is 6.09. The predicted octanol–water partition coefficient (Wildman–Crippen LogP) is 2.47. The highest BCUT2D eigenvalue weighted by Crippen LogP contribution is 2.18. The molecule has 1 heterocycles. The zero-order valence-electron chi connectivity index (χ0n) is 9.66. The van der Waals surface area contributed by atoms with Gasteiger partial charge >= 0.3 is 0 Å². The highest BCUT2D eigenvalue weighted by atomic mass is 35.5. The van der Waals surface area contributed by atoms with Crippen LogP contribution in [0.4, 0.5) is 0 Å². The Morgan fingerprint density at radius 3 is 2.62 bits per heavy atom. The van der Waals surface area contributed by atoms with E-state index in [4.69, 9.17) is 11.6 Å². The summed E-state index contributed by atoms with van der Waals surface area (Å²) in [4.78, 5) is 2.37.